The van der Waals surface area contributed by atoms with Crippen LogP contribution in [0.5, 0.6) is 5.75 Å². The molecule has 0 amide bonds. The molecule has 0 saturated heterocycles. The van der Waals surface area contributed by atoms with Gasteiger partial charge in [0.25, 0.3) is 0 Å². The van der Waals surface area contributed by atoms with Crippen molar-refractivity contribution in [1.82, 2.24) is 0 Å². The number of rotatable bonds is 5. The number of benzene rings is 1. The molecule has 0 spiro atoms. The summed E-state index contributed by atoms with van der Waals surface area (Å²) >= 11 is 0. The van der Waals surface area contributed by atoms with E-state index in [1.165, 1.54) is 5.56 Å². The zero-order valence-corrected chi connectivity index (χ0v) is 7.99. The Hall–Kier alpha value is -1.28. The van der Waals surface area contributed by atoms with Gasteiger partial charge in [0.2, 0.25) is 0 Å². The van der Waals surface area contributed by atoms with Gasteiger partial charge in [-0.1, -0.05) is 6.58 Å². The van der Waals surface area contributed by atoms with Gasteiger partial charge < -0.3 is 10.1 Å². The monoisotopic (exact) mass is 178 g/mol. The number of hydrogen-bond acceptors (Lipinski definition) is 1. The summed E-state index contributed by atoms with van der Waals surface area (Å²) in [7, 11) is 1.68. The van der Waals surface area contributed by atoms with Gasteiger partial charge in [-0.15, -0.1) is 0 Å². The number of ether oxygens (including phenoxy) is 1. The highest BCUT2D eigenvalue weighted by Gasteiger charge is 1.94. The molecule has 0 aliphatic rings. The van der Waals surface area contributed by atoms with Crippen molar-refractivity contribution in [2.24, 2.45) is 0 Å². The average molecular weight is 178 g/mol. The second-order valence-corrected chi connectivity index (χ2v) is 2.87. The van der Waals surface area contributed by atoms with Crippen LogP contribution in [0.3, 0.4) is 0 Å². The van der Waals surface area contributed by atoms with E-state index < -0.39 is 0 Å². The van der Waals surface area contributed by atoms with Gasteiger partial charge in [0, 0.05) is 5.56 Å². The third-order valence-electron chi connectivity index (χ3n) is 1.87. The Morgan fingerprint density at radius 2 is 2.08 bits per heavy atom. The number of quaternary nitrogens is 1. The molecule has 0 saturated carbocycles. The van der Waals surface area contributed by atoms with Crippen molar-refractivity contribution >= 4 is 0 Å². The van der Waals surface area contributed by atoms with Crippen molar-refractivity contribution in [1.29, 1.82) is 0 Å². The molecule has 1 aromatic rings. The van der Waals surface area contributed by atoms with Crippen LogP contribution in [0, 0.1) is 0 Å². The zero-order valence-electron chi connectivity index (χ0n) is 7.99. The highest BCUT2D eigenvalue weighted by molar-refractivity contribution is 5.26. The number of hydrogen-bond donors (Lipinski definition) is 1. The smallest absolute Gasteiger partial charge is 0.118 e. The van der Waals surface area contributed by atoms with Crippen LogP contribution in [-0.4, -0.2) is 13.7 Å². The lowest BCUT2D eigenvalue weighted by Gasteiger charge is -2.01. The molecule has 0 atom stereocenters. The molecule has 0 aliphatic heterocycles. The second kappa shape index (κ2) is 5.38. The summed E-state index contributed by atoms with van der Waals surface area (Å²) in [4.78, 5) is 0. The molecule has 0 bridgehead atoms. The number of nitrogens with two attached hydrogens (primary N) is 1. The molecule has 0 aliphatic carbocycles. The Morgan fingerprint density at radius 3 is 2.62 bits per heavy atom. The van der Waals surface area contributed by atoms with Gasteiger partial charge in [-0.05, 0) is 30.3 Å². The van der Waals surface area contributed by atoms with Crippen LogP contribution in [0.1, 0.15) is 5.56 Å². The Morgan fingerprint density at radius 1 is 1.38 bits per heavy atom. The molecule has 0 aromatic heterocycles. The van der Waals surface area contributed by atoms with E-state index in [0.717, 1.165) is 18.8 Å². The van der Waals surface area contributed by atoms with Crippen LogP contribution < -0.4 is 10.1 Å². The summed E-state index contributed by atoms with van der Waals surface area (Å²) in [5.74, 6) is 0.910. The van der Waals surface area contributed by atoms with Gasteiger partial charge in [-0.2, -0.15) is 0 Å². The van der Waals surface area contributed by atoms with E-state index in [0.29, 0.717) is 0 Å². The maximum absolute atomic E-state index is 5.07. The third-order valence-corrected chi connectivity index (χ3v) is 1.87. The Labute approximate surface area is 79.2 Å². The SMILES string of the molecule is C=CC[NH2+]Cc1ccc(OC)cc1. The predicted molar refractivity (Wildman–Crippen MR) is 53.7 cm³/mol. The fourth-order valence-corrected chi connectivity index (χ4v) is 1.13. The summed E-state index contributed by atoms with van der Waals surface area (Å²) < 4.78 is 5.07. The van der Waals surface area contributed by atoms with E-state index in [2.05, 4.69) is 24.0 Å². The molecule has 2 heteroatoms. The quantitative estimate of drug-likeness (QED) is 0.527. The molecule has 0 radical (unpaired) electrons. The van der Waals surface area contributed by atoms with Crippen LogP contribution in [0.25, 0.3) is 0 Å². The normalized spacial score (nSPS) is 9.62. The molecule has 1 rings (SSSR count). The van der Waals surface area contributed by atoms with E-state index in [1.807, 2.05) is 18.2 Å². The maximum Gasteiger partial charge on any atom is 0.118 e. The van der Waals surface area contributed by atoms with E-state index >= 15 is 0 Å². The lowest BCUT2D eigenvalue weighted by Crippen LogP contribution is -2.82. The fourth-order valence-electron chi connectivity index (χ4n) is 1.13. The summed E-state index contributed by atoms with van der Waals surface area (Å²) in [6.45, 7) is 5.63. The summed E-state index contributed by atoms with van der Waals surface area (Å²) in [6.07, 6.45) is 1.91. The summed E-state index contributed by atoms with van der Waals surface area (Å²) in [6, 6.07) is 8.13. The number of methoxy groups -OCH3 is 1. The van der Waals surface area contributed by atoms with Crippen LogP contribution in [0.15, 0.2) is 36.9 Å². The highest BCUT2D eigenvalue weighted by atomic mass is 16.5. The first-order valence-electron chi connectivity index (χ1n) is 4.42. The van der Waals surface area contributed by atoms with Crippen LogP contribution in [0.2, 0.25) is 0 Å². The minimum atomic E-state index is 0.910. The fraction of sp³-hybridized carbons (Fsp3) is 0.273. The summed E-state index contributed by atoms with van der Waals surface area (Å²) in [5.41, 5.74) is 1.31. The Balaban J connectivity index is 2.44. The van der Waals surface area contributed by atoms with Gasteiger partial charge >= 0.3 is 0 Å². The first-order valence-corrected chi connectivity index (χ1v) is 4.42. The Kier molecular flexibility index (Phi) is 4.06. The van der Waals surface area contributed by atoms with E-state index in [-0.39, 0.29) is 0 Å². The van der Waals surface area contributed by atoms with Crippen LogP contribution in [-0.2, 0) is 6.54 Å². The standard InChI is InChI=1S/C11H15NO/c1-3-8-12-9-10-4-6-11(13-2)7-5-10/h3-7,12H,1,8-9H2,2H3/p+1. The van der Waals surface area contributed by atoms with Gasteiger partial charge in [0.1, 0.15) is 12.3 Å². The molecule has 0 heterocycles. The first kappa shape index (κ1) is 9.81. The van der Waals surface area contributed by atoms with Gasteiger partial charge in [0.05, 0.1) is 13.7 Å². The van der Waals surface area contributed by atoms with Crippen LogP contribution >= 0.6 is 0 Å². The van der Waals surface area contributed by atoms with Crippen LogP contribution in [0.4, 0.5) is 0 Å². The molecular formula is C11H16NO+. The minimum Gasteiger partial charge on any atom is -0.497 e. The van der Waals surface area contributed by atoms with E-state index in [9.17, 15) is 0 Å². The third kappa shape index (κ3) is 3.30. The van der Waals surface area contributed by atoms with Gasteiger partial charge in [-0.25, -0.2) is 0 Å². The van der Waals surface area contributed by atoms with Gasteiger partial charge in [-0.3, -0.25) is 0 Å². The molecule has 0 fully saturated rings. The first-order chi connectivity index (χ1) is 6.36. The molecule has 2 nitrogen and oxygen atoms in total. The zero-order chi connectivity index (χ0) is 9.52. The largest absolute Gasteiger partial charge is 0.497 e. The second-order valence-electron chi connectivity index (χ2n) is 2.87. The molecule has 13 heavy (non-hydrogen) atoms. The van der Waals surface area contributed by atoms with E-state index in [4.69, 9.17) is 4.74 Å². The van der Waals surface area contributed by atoms with E-state index in [1.54, 1.807) is 7.11 Å². The van der Waals surface area contributed by atoms with Crippen molar-refractivity contribution in [3.63, 3.8) is 0 Å². The van der Waals surface area contributed by atoms with Crippen molar-refractivity contribution in [2.75, 3.05) is 13.7 Å². The van der Waals surface area contributed by atoms with Gasteiger partial charge in [0.15, 0.2) is 0 Å². The summed E-state index contributed by atoms with van der Waals surface area (Å²) in [5, 5.41) is 2.20. The van der Waals surface area contributed by atoms with Crippen molar-refractivity contribution in [3.05, 3.63) is 42.5 Å². The lowest BCUT2D eigenvalue weighted by atomic mass is 10.2. The lowest BCUT2D eigenvalue weighted by molar-refractivity contribution is -0.662. The molecule has 1 aromatic carbocycles. The Bertz CT molecular complexity index is 253. The molecule has 70 valence electrons. The molecular weight excluding hydrogens is 162 g/mol. The predicted octanol–water partition coefficient (Wildman–Crippen LogP) is 0.945. The molecule has 2 N–H and O–H groups in total. The van der Waals surface area contributed by atoms with Crippen molar-refractivity contribution in [3.8, 4) is 5.75 Å². The minimum absolute atomic E-state index is 0.910. The average Bonchev–Trinajstić information content (AvgIpc) is 2.19. The van der Waals surface area contributed by atoms with Crippen molar-refractivity contribution in [2.45, 2.75) is 6.54 Å². The topological polar surface area (TPSA) is 25.8 Å². The molecule has 0 unspecified atom stereocenters. The highest BCUT2D eigenvalue weighted by Crippen LogP contribution is 2.09. The van der Waals surface area contributed by atoms with Crippen molar-refractivity contribution < 1.29 is 10.1 Å². The maximum atomic E-state index is 5.07.